The van der Waals surface area contributed by atoms with Crippen LogP contribution in [-0.4, -0.2) is 38.0 Å². The van der Waals surface area contributed by atoms with Crippen molar-refractivity contribution in [2.24, 2.45) is 24.6 Å². The van der Waals surface area contributed by atoms with Gasteiger partial charge in [0.1, 0.15) is 17.1 Å². The third-order valence-corrected chi connectivity index (χ3v) is 6.97. The lowest BCUT2D eigenvalue weighted by Crippen LogP contribution is -2.54. The summed E-state index contributed by atoms with van der Waals surface area (Å²) in [6, 6.07) is 3.82. The van der Waals surface area contributed by atoms with Crippen LogP contribution in [0, 0.1) is 17.7 Å². The first-order valence-corrected chi connectivity index (χ1v) is 10.5. The van der Waals surface area contributed by atoms with Crippen molar-refractivity contribution in [3.63, 3.8) is 0 Å². The minimum absolute atomic E-state index is 0.128. The minimum Gasteiger partial charge on any atom is -0.383 e. The molecule has 2 aliphatic rings. The Balaban J connectivity index is 1.51. The number of alkyl halides is 2. The smallest absolute Gasteiger partial charge is 0.352 e. The summed E-state index contributed by atoms with van der Waals surface area (Å²) in [5, 5.41) is 13.0. The molecular weight excluding hydrogens is 449 g/mol. The zero-order chi connectivity index (χ0) is 23.4. The number of primary amides is 1. The topological polar surface area (TPSA) is 110 Å². The lowest BCUT2D eigenvalue weighted by Gasteiger charge is -2.31. The number of imidazole rings is 1. The number of nitrogens with one attached hydrogen (secondary N) is 1. The van der Waals surface area contributed by atoms with E-state index < -0.39 is 29.2 Å². The highest BCUT2D eigenvalue weighted by molar-refractivity contribution is 6.31. The van der Waals surface area contributed by atoms with Crippen molar-refractivity contribution in [2.75, 3.05) is 5.32 Å². The van der Waals surface area contributed by atoms with E-state index in [1.54, 1.807) is 11.6 Å². The summed E-state index contributed by atoms with van der Waals surface area (Å²) in [6.45, 7) is 0. The van der Waals surface area contributed by atoms with E-state index in [4.69, 9.17) is 17.3 Å². The molecule has 1 aromatic carbocycles. The van der Waals surface area contributed by atoms with E-state index in [1.807, 2.05) is 0 Å². The quantitative estimate of drug-likeness (QED) is 0.623. The van der Waals surface area contributed by atoms with Crippen molar-refractivity contribution in [3.8, 4) is 0 Å². The van der Waals surface area contributed by atoms with Crippen molar-refractivity contribution in [1.29, 1.82) is 0 Å². The summed E-state index contributed by atoms with van der Waals surface area (Å²) in [5.74, 6) is -7.56. The number of nitrogens with two attached hydrogens (primary N) is 1. The first kappa shape index (κ1) is 22.6. The van der Waals surface area contributed by atoms with Crippen molar-refractivity contribution in [1.82, 2.24) is 9.55 Å². The molecule has 2 amide bonds. The third-order valence-electron chi connectivity index (χ3n) is 6.68. The predicted molar refractivity (Wildman–Crippen MR) is 110 cm³/mol. The van der Waals surface area contributed by atoms with Crippen molar-refractivity contribution >= 4 is 29.1 Å². The van der Waals surface area contributed by atoms with Crippen molar-refractivity contribution in [2.45, 2.75) is 43.1 Å². The molecule has 7 nitrogen and oxygen atoms in total. The molecule has 2 aliphatic carbocycles. The Morgan fingerprint density at radius 2 is 1.94 bits per heavy atom. The van der Waals surface area contributed by atoms with E-state index in [1.165, 1.54) is 18.5 Å². The first-order valence-electron chi connectivity index (χ1n) is 10.1. The predicted octanol–water partition coefficient (Wildman–Crippen LogP) is 3.22. The van der Waals surface area contributed by atoms with Gasteiger partial charge in [0.25, 0.3) is 11.8 Å². The van der Waals surface area contributed by atoms with Crippen molar-refractivity contribution < 1.29 is 27.9 Å². The van der Waals surface area contributed by atoms with Gasteiger partial charge in [0.2, 0.25) is 0 Å². The monoisotopic (exact) mass is 470 g/mol. The number of carbonyl (C=O) groups excluding carboxylic acids is 2. The van der Waals surface area contributed by atoms with Gasteiger partial charge in [0.15, 0.2) is 0 Å². The minimum atomic E-state index is -4.00. The van der Waals surface area contributed by atoms with Gasteiger partial charge in [-0.1, -0.05) is 11.6 Å². The number of rotatable bonds is 5. The summed E-state index contributed by atoms with van der Waals surface area (Å²) in [6.07, 6.45) is 1.90. The van der Waals surface area contributed by atoms with Gasteiger partial charge in [0.05, 0.1) is 17.0 Å². The van der Waals surface area contributed by atoms with Gasteiger partial charge in [-0.15, -0.1) is 0 Å². The molecule has 0 aliphatic heterocycles. The van der Waals surface area contributed by atoms with Crippen LogP contribution in [0.4, 0.5) is 18.9 Å². The van der Waals surface area contributed by atoms with Crippen LogP contribution in [-0.2, 0) is 11.8 Å². The fourth-order valence-electron chi connectivity index (χ4n) is 5.16. The van der Waals surface area contributed by atoms with Gasteiger partial charge in [-0.2, -0.15) is 8.78 Å². The molecule has 2 fully saturated rings. The van der Waals surface area contributed by atoms with Crippen LogP contribution in [0.1, 0.15) is 47.8 Å². The lowest BCUT2D eigenvalue weighted by molar-refractivity contribution is -0.189. The number of fused-ring (bicyclic) bond motifs is 1. The van der Waals surface area contributed by atoms with Crippen molar-refractivity contribution in [3.05, 3.63) is 46.8 Å². The van der Waals surface area contributed by atoms with E-state index in [-0.39, 0.29) is 35.6 Å². The zero-order valence-electron chi connectivity index (χ0n) is 17.1. The largest absolute Gasteiger partial charge is 0.383 e. The highest BCUT2D eigenvalue weighted by Crippen LogP contribution is 2.57. The Labute approximate surface area is 186 Å². The molecule has 2 aromatic rings. The van der Waals surface area contributed by atoms with E-state index in [0.717, 1.165) is 6.07 Å². The van der Waals surface area contributed by atoms with Gasteiger partial charge in [0, 0.05) is 18.7 Å². The molecule has 0 saturated heterocycles. The SMILES string of the molecule is Cn1cnc(C2CC3CC(O)(C(F)(F)C(N)=O)CC3C2)c1C(=O)Nc1ccc(F)c(Cl)c1. The number of aromatic nitrogens is 2. The number of anilines is 1. The highest BCUT2D eigenvalue weighted by atomic mass is 35.5. The molecule has 32 heavy (non-hydrogen) atoms. The molecule has 4 rings (SSSR count). The number of hydrogen-bond donors (Lipinski definition) is 3. The molecule has 1 heterocycles. The molecular formula is C21H22ClF3N4O3. The Kier molecular flexibility index (Phi) is 5.49. The van der Waals surface area contributed by atoms with Crippen LogP contribution in [0.5, 0.6) is 0 Å². The van der Waals surface area contributed by atoms with E-state index in [0.29, 0.717) is 29.9 Å². The molecule has 11 heteroatoms. The maximum atomic E-state index is 14.2. The van der Waals surface area contributed by atoms with Crippen LogP contribution < -0.4 is 11.1 Å². The van der Waals surface area contributed by atoms with E-state index in [9.17, 15) is 27.9 Å². The van der Waals surface area contributed by atoms with Crippen LogP contribution in [0.25, 0.3) is 0 Å². The Bertz CT molecular complexity index is 1080. The maximum absolute atomic E-state index is 14.2. The van der Waals surface area contributed by atoms with Crippen LogP contribution in [0.15, 0.2) is 24.5 Å². The number of aliphatic hydroxyl groups is 1. The molecule has 0 spiro atoms. The van der Waals surface area contributed by atoms with E-state index >= 15 is 0 Å². The molecule has 1 aromatic heterocycles. The van der Waals surface area contributed by atoms with Gasteiger partial charge in [-0.3, -0.25) is 9.59 Å². The summed E-state index contributed by atoms with van der Waals surface area (Å²) in [4.78, 5) is 28.4. The summed E-state index contributed by atoms with van der Waals surface area (Å²) < 4.78 is 43.3. The molecule has 0 bridgehead atoms. The van der Waals surface area contributed by atoms with Gasteiger partial charge in [-0.05, 0) is 55.7 Å². The molecule has 0 radical (unpaired) electrons. The Hall–Kier alpha value is -2.59. The zero-order valence-corrected chi connectivity index (χ0v) is 17.9. The maximum Gasteiger partial charge on any atom is 0.352 e. The molecule has 2 saturated carbocycles. The van der Waals surface area contributed by atoms with Crippen LogP contribution in [0.2, 0.25) is 5.02 Å². The Morgan fingerprint density at radius 1 is 1.31 bits per heavy atom. The molecule has 4 N–H and O–H groups in total. The highest BCUT2D eigenvalue weighted by Gasteiger charge is 2.64. The second-order valence-corrected chi connectivity index (χ2v) is 9.15. The molecule has 2 unspecified atom stereocenters. The molecule has 172 valence electrons. The third kappa shape index (κ3) is 3.65. The molecule has 2 atom stereocenters. The lowest BCUT2D eigenvalue weighted by atomic mass is 9.87. The van der Waals surface area contributed by atoms with Gasteiger partial charge in [-0.25, -0.2) is 9.37 Å². The summed E-state index contributed by atoms with van der Waals surface area (Å²) in [7, 11) is 1.66. The number of benzene rings is 1. The first-order chi connectivity index (χ1) is 14.9. The fraction of sp³-hybridized carbons (Fsp3) is 0.476. The Morgan fingerprint density at radius 3 is 2.50 bits per heavy atom. The van der Waals surface area contributed by atoms with Gasteiger partial charge < -0.3 is 20.7 Å². The second kappa shape index (κ2) is 7.77. The summed E-state index contributed by atoms with van der Waals surface area (Å²) >= 11 is 5.77. The van der Waals surface area contributed by atoms with Crippen LogP contribution >= 0.6 is 11.6 Å². The normalized spacial score (nSPS) is 27.4. The number of aryl methyl sites for hydroxylation is 1. The second-order valence-electron chi connectivity index (χ2n) is 8.74. The number of amides is 2. The van der Waals surface area contributed by atoms with E-state index in [2.05, 4.69) is 10.3 Å². The fourth-order valence-corrected chi connectivity index (χ4v) is 5.34. The van der Waals surface area contributed by atoms with Gasteiger partial charge >= 0.3 is 5.92 Å². The number of hydrogen-bond acceptors (Lipinski definition) is 4. The summed E-state index contributed by atoms with van der Waals surface area (Å²) in [5.41, 5.74) is 3.49. The van der Waals surface area contributed by atoms with Crippen LogP contribution in [0.3, 0.4) is 0 Å². The number of carbonyl (C=O) groups is 2. The average Bonchev–Trinajstić information content (AvgIpc) is 3.35. The number of nitrogens with zero attached hydrogens (tertiary/aromatic N) is 2. The standard InChI is InChI=1S/C21H22ClF3N4O3/c1-29-9-27-16(17(29)18(30)28-13-2-3-15(23)14(22)6-13)10-4-11-7-20(32,8-12(11)5-10)21(24,25)19(26)31/h2-3,6,9-12,32H,4-5,7-8H2,1H3,(H2,26,31)(H,28,30). The number of halogens is 4. The average molecular weight is 471 g/mol.